The summed E-state index contributed by atoms with van der Waals surface area (Å²) in [6, 6.07) is 133. The standard InChI is InChI=1S/2C24H20B.2C21H24N4.C9H8O3.CH2Cl2.2Fe/c2*1-5-13-21(14-6-1)25(22-15-7-2-8-16-22,23-17-9-3-10-18-23)24-19-11-4-12-20-24;2*1-16-7-4-10-19(22-16)13-25(14-20-11-5-8-17(2)23-20)15-21-12-6-9-18(3)24-21;10-8(9(11)12)6-7-4-2-1-3-5-7;2-1-3;;/h2*1-20H;2*4-12H,13-15H2,1-3H3;1-6,10H,(H,11,12);1H2;;/q2*-1;;;;;2*+3/p-2/b;;;;8-6-;;;. The number of hydrogen-bond donors (Lipinski definition) is 0. The molecule has 0 saturated heterocycles. The van der Waals surface area contributed by atoms with Gasteiger partial charge < -0.3 is 15.0 Å². The van der Waals surface area contributed by atoms with Crippen LogP contribution in [0.2, 0.25) is 0 Å². The molecule has 0 bridgehead atoms. The van der Waals surface area contributed by atoms with Gasteiger partial charge in [-0.15, -0.1) is 23.2 Å². The number of carbonyl (C=O) groups excluding carboxylic acids is 1. The summed E-state index contributed by atoms with van der Waals surface area (Å²) in [7, 11) is 0. The van der Waals surface area contributed by atoms with Crippen LogP contribution in [0, 0.1) is 41.5 Å². The molecule has 0 unspecified atom stereocenters. The minimum atomic E-state index is -1.68. The van der Waals surface area contributed by atoms with Crippen molar-refractivity contribution in [3.05, 3.63) is 462 Å². The summed E-state index contributed by atoms with van der Waals surface area (Å²) in [4.78, 5) is 42.6. The number of nitrogens with zero attached hydrogens (tertiary/aromatic N) is 8. The fourth-order valence-electron chi connectivity index (χ4n) is 14.8. The summed E-state index contributed by atoms with van der Waals surface area (Å²) in [6.07, 6.45) is -1.41. The van der Waals surface area contributed by atoms with Crippen molar-refractivity contribution in [1.82, 2.24) is 39.7 Å². The Morgan fingerprint density at radius 3 is 0.564 bits per heavy atom. The zero-order valence-corrected chi connectivity index (χ0v) is 70.5. The zero-order chi connectivity index (χ0) is 80.9. The van der Waals surface area contributed by atoms with Crippen LogP contribution in [0.3, 0.4) is 0 Å². The number of alkyl halides is 2. The van der Waals surface area contributed by atoms with Crippen LogP contribution in [0.4, 0.5) is 0 Å². The summed E-state index contributed by atoms with van der Waals surface area (Å²) in [5.41, 5.74) is 23.9. The minimum absolute atomic E-state index is 0. The molecule has 15 aromatic rings. The topological polar surface area (TPSA) is 147 Å². The smallest absolute Gasteiger partial charge is 0.871 e. The molecule has 0 saturated carbocycles. The minimum Gasteiger partial charge on any atom is -0.871 e. The third-order valence-corrected chi connectivity index (χ3v) is 19.7. The average molecular weight is 1660 g/mol. The van der Waals surface area contributed by atoms with E-state index in [1.165, 1.54) is 43.7 Å². The van der Waals surface area contributed by atoms with E-state index in [0.29, 0.717) is 5.56 Å². The number of benzene rings is 9. The predicted molar refractivity (Wildman–Crippen MR) is 476 cm³/mol. The molecule has 588 valence electrons. The van der Waals surface area contributed by atoms with Crippen molar-refractivity contribution in [3.8, 4) is 0 Å². The van der Waals surface area contributed by atoms with E-state index >= 15 is 0 Å². The summed E-state index contributed by atoms with van der Waals surface area (Å²) >= 11 is 9.53. The van der Waals surface area contributed by atoms with Gasteiger partial charge in [0, 0.05) is 73.4 Å². The molecular formula is C100H96B2Cl2Fe2N8O3+2. The fourth-order valence-corrected chi connectivity index (χ4v) is 14.8. The molecule has 0 aliphatic heterocycles. The Morgan fingerprint density at radius 1 is 0.265 bits per heavy atom. The molecular weight excluding hydrogens is 1570 g/mol. The second-order valence-corrected chi connectivity index (χ2v) is 29.0. The van der Waals surface area contributed by atoms with Gasteiger partial charge in [-0.25, -0.2) is 0 Å². The number of carboxylic acids is 1. The molecule has 9 aromatic carbocycles. The van der Waals surface area contributed by atoms with Gasteiger partial charge in [-0.3, -0.25) is 39.7 Å². The van der Waals surface area contributed by atoms with Gasteiger partial charge >= 0.3 is 34.1 Å². The number of hydrogen-bond acceptors (Lipinski definition) is 11. The SMILES string of the molecule is Cc1cccc(CN(Cc2cccc(C)n2)Cc2cccc(C)n2)n1.Cc1cccc(CN(Cc2cccc(C)n2)Cc2cccc(C)n2)n1.ClCCl.O=C([O-])/C([O-])=C/c1ccccc1.[Fe+3].[Fe+3].c1ccc([B-](c2ccccc2)(c2ccccc2)c2ccccc2)cc1.c1ccc([B-](c2ccccc2)(c2ccccc2)c2ccccc2)cc1. The van der Waals surface area contributed by atoms with Crippen molar-refractivity contribution >= 4 is 91.2 Å². The van der Waals surface area contributed by atoms with Gasteiger partial charge in [-0.05, 0) is 120 Å². The van der Waals surface area contributed by atoms with E-state index in [1.54, 1.807) is 30.3 Å². The molecule has 6 heterocycles. The Labute approximate surface area is 722 Å². The van der Waals surface area contributed by atoms with Crippen LogP contribution in [0.15, 0.2) is 388 Å². The Bertz CT molecular complexity index is 4560. The van der Waals surface area contributed by atoms with Crippen LogP contribution in [-0.2, 0) is 78.2 Å². The maximum Gasteiger partial charge on any atom is 3.00 e. The molecule has 117 heavy (non-hydrogen) atoms. The van der Waals surface area contributed by atoms with Crippen LogP contribution < -0.4 is 53.9 Å². The maximum absolute atomic E-state index is 10.6. The molecule has 0 aliphatic rings. The van der Waals surface area contributed by atoms with E-state index in [-0.39, 0.29) is 39.5 Å². The van der Waals surface area contributed by atoms with E-state index < -0.39 is 24.0 Å². The monoisotopic (exact) mass is 1660 g/mol. The Morgan fingerprint density at radius 2 is 0.419 bits per heavy atom. The van der Waals surface area contributed by atoms with Gasteiger partial charge in [0.25, 0.3) is 0 Å². The summed E-state index contributed by atoms with van der Waals surface area (Å²) in [6.45, 7) is 16.8. The number of carbonyl (C=O) groups is 1. The summed E-state index contributed by atoms with van der Waals surface area (Å²) in [5.74, 6) is -2.69. The molecule has 15 rings (SSSR count). The third-order valence-electron chi connectivity index (χ3n) is 19.7. The van der Waals surface area contributed by atoms with Crippen molar-refractivity contribution in [2.75, 3.05) is 5.34 Å². The summed E-state index contributed by atoms with van der Waals surface area (Å²) < 4.78 is 0. The van der Waals surface area contributed by atoms with Crippen LogP contribution in [-0.4, -0.2) is 63.3 Å². The number of rotatable bonds is 22. The Balaban J connectivity index is 0.000000183. The van der Waals surface area contributed by atoms with Crippen molar-refractivity contribution in [3.63, 3.8) is 0 Å². The van der Waals surface area contributed by atoms with Gasteiger partial charge in [-0.2, -0.15) is 43.7 Å². The number of aromatic nitrogens is 6. The third kappa shape index (κ3) is 27.3. The van der Waals surface area contributed by atoms with Gasteiger partial charge in [0.2, 0.25) is 0 Å². The van der Waals surface area contributed by atoms with Crippen LogP contribution in [0.5, 0.6) is 0 Å². The second kappa shape index (κ2) is 48.2. The number of halogens is 2. The molecule has 0 aliphatic carbocycles. The van der Waals surface area contributed by atoms with Crippen molar-refractivity contribution < 1.29 is 49.1 Å². The first-order chi connectivity index (χ1) is 56.1. The molecule has 6 aromatic heterocycles. The van der Waals surface area contributed by atoms with Crippen LogP contribution >= 0.6 is 23.2 Å². The zero-order valence-electron chi connectivity index (χ0n) is 66.8. The number of aliphatic carboxylic acids is 1. The maximum atomic E-state index is 10.6. The van der Waals surface area contributed by atoms with Crippen LogP contribution in [0.25, 0.3) is 6.08 Å². The Kier molecular flexibility index (Phi) is 37.5. The van der Waals surface area contributed by atoms with Gasteiger partial charge in [-0.1, -0.05) is 321 Å². The fraction of sp³-hybridized carbons (Fsp3) is 0.130. The van der Waals surface area contributed by atoms with Crippen LogP contribution in [0.1, 0.15) is 73.9 Å². The van der Waals surface area contributed by atoms with Crippen molar-refractivity contribution in [2.24, 2.45) is 0 Å². The average Bonchev–Trinajstić information content (AvgIpc) is 0.743. The summed E-state index contributed by atoms with van der Waals surface area (Å²) in [5, 5.41) is 20.8. The molecule has 0 fully saturated rings. The van der Waals surface area contributed by atoms with Crippen molar-refractivity contribution in [2.45, 2.75) is 80.8 Å². The molecule has 2 radical (unpaired) electrons. The predicted octanol–water partition coefficient (Wildman–Crippen LogP) is 14.7. The van der Waals surface area contributed by atoms with E-state index in [2.05, 4.69) is 355 Å². The largest absolute Gasteiger partial charge is 3.00 e. The number of pyridine rings is 6. The first-order valence-corrected chi connectivity index (χ1v) is 39.7. The molecule has 11 nitrogen and oxygen atoms in total. The van der Waals surface area contributed by atoms with E-state index in [0.717, 1.165) is 114 Å². The first kappa shape index (κ1) is 91.1. The quantitative estimate of drug-likeness (QED) is 0.0276. The number of carboxylic acid groups (broad SMARTS) is 1. The molecule has 0 spiro atoms. The van der Waals surface area contributed by atoms with E-state index in [1.807, 2.05) is 77.9 Å². The number of aryl methyl sites for hydroxylation is 6. The van der Waals surface area contributed by atoms with E-state index in [4.69, 9.17) is 23.2 Å². The molecule has 0 atom stereocenters. The Hall–Kier alpha value is -11.4. The normalized spacial score (nSPS) is 10.8. The second-order valence-electron chi connectivity index (χ2n) is 28.2. The van der Waals surface area contributed by atoms with Gasteiger partial charge in [0.15, 0.2) is 0 Å². The van der Waals surface area contributed by atoms with Gasteiger partial charge in [0.05, 0.1) is 45.5 Å². The van der Waals surface area contributed by atoms with Gasteiger partial charge in [0.1, 0.15) is 12.3 Å². The molecule has 17 heteroatoms. The van der Waals surface area contributed by atoms with E-state index in [9.17, 15) is 15.0 Å². The van der Waals surface area contributed by atoms with Crippen molar-refractivity contribution in [1.29, 1.82) is 0 Å². The molecule has 0 amide bonds. The first-order valence-electron chi connectivity index (χ1n) is 38.6. The molecule has 0 N–H and O–H groups in total.